The van der Waals surface area contributed by atoms with Gasteiger partial charge in [0.1, 0.15) is 0 Å². The predicted octanol–water partition coefficient (Wildman–Crippen LogP) is 4.79. The summed E-state index contributed by atoms with van der Waals surface area (Å²) in [5.74, 6) is 1.58. The van der Waals surface area contributed by atoms with Crippen LogP contribution in [-0.2, 0) is 6.54 Å². The first-order valence-corrected chi connectivity index (χ1v) is 8.72. The normalized spacial score (nSPS) is 14.7. The number of hydrogen-bond donors (Lipinski definition) is 1. The van der Waals surface area contributed by atoms with Crippen LogP contribution in [0.4, 0.5) is 5.69 Å². The van der Waals surface area contributed by atoms with Crippen LogP contribution in [0.3, 0.4) is 0 Å². The maximum atomic E-state index is 6.18. The summed E-state index contributed by atoms with van der Waals surface area (Å²) in [6.45, 7) is 0.704. The zero-order valence-corrected chi connectivity index (χ0v) is 14.8. The molecule has 0 aliphatic heterocycles. The van der Waals surface area contributed by atoms with E-state index in [0.29, 0.717) is 12.6 Å². The Morgan fingerprint density at radius 1 is 1.30 bits per heavy atom. The molecule has 1 heterocycles. The van der Waals surface area contributed by atoms with Crippen molar-refractivity contribution in [2.75, 3.05) is 12.4 Å². The van der Waals surface area contributed by atoms with E-state index in [2.05, 4.69) is 38.4 Å². The summed E-state index contributed by atoms with van der Waals surface area (Å²) in [7, 11) is 1.68. The number of methoxy groups -OCH3 is 1. The quantitative estimate of drug-likeness (QED) is 0.787. The van der Waals surface area contributed by atoms with Crippen LogP contribution >= 0.6 is 15.9 Å². The lowest BCUT2D eigenvalue weighted by Crippen LogP contribution is -2.12. The Morgan fingerprint density at radius 3 is 2.83 bits per heavy atom. The summed E-state index contributed by atoms with van der Waals surface area (Å²) < 4.78 is 12.6. The van der Waals surface area contributed by atoms with E-state index in [4.69, 9.17) is 9.47 Å². The third-order valence-corrected chi connectivity index (χ3v) is 4.62. The Morgan fingerprint density at radius 2 is 2.13 bits per heavy atom. The molecule has 1 aromatic heterocycles. The van der Waals surface area contributed by atoms with Crippen LogP contribution in [0.1, 0.15) is 31.2 Å². The summed E-state index contributed by atoms with van der Waals surface area (Å²) >= 11 is 3.59. The molecule has 1 fully saturated rings. The fraction of sp³-hybridized carbons (Fsp3) is 0.389. The number of aromatic nitrogens is 1. The lowest BCUT2D eigenvalue weighted by atomic mass is 10.2. The number of halogens is 1. The van der Waals surface area contributed by atoms with Crippen LogP contribution in [0.15, 0.2) is 41.1 Å². The molecule has 1 N–H and O–H groups in total. The third kappa shape index (κ3) is 4.16. The van der Waals surface area contributed by atoms with E-state index in [9.17, 15) is 0 Å². The monoisotopic (exact) mass is 376 g/mol. The van der Waals surface area contributed by atoms with E-state index in [1.165, 1.54) is 12.8 Å². The van der Waals surface area contributed by atoms with E-state index in [-0.39, 0.29) is 0 Å². The molecule has 3 rings (SSSR count). The molecule has 0 bridgehead atoms. The van der Waals surface area contributed by atoms with Crippen molar-refractivity contribution >= 4 is 21.6 Å². The second-order valence-corrected chi connectivity index (χ2v) is 6.58. The third-order valence-electron chi connectivity index (χ3n) is 4.03. The molecule has 0 atom stereocenters. The van der Waals surface area contributed by atoms with Gasteiger partial charge in [-0.1, -0.05) is 0 Å². The number of nitrogens with one attached hydrogen (secondary N) is 1. The number of benzene rings is 1. The molecule has 2 aromatic rings. The standard InChI is InChI=1S/C18H21BrN2O2/c1-22-18-16(19)9-13(11-21-14-5-4-8-20-12-14)10-17(18)23-15-6-2-3-7-15/h4-5,8-10,12,15,21H,2-3,6-7,11H2,1H3. The minimum absolute atomic E-state index is 0.303. The zero-order valence-electron chi connectivity index (χ0n) is 13.2. The van der Waals surface area contributed by atoms with Crippen LogP contribution in [0.2, 0.25) is 0 Å². The van der Waals surface area contributed by atoms with Gasteiger partial charge < -0.3 is 14.8 Å². The highest BCUT2D eigenvalue weighted by Gasteiger charge is 2.20. The number of nitrogens with zero attached hydrogens (tertiary/aromatic N) is 1. The predicted molar refractivity (Wildman–Crippen MR) is 95.1 cm³/mol. The SMILES string of the molecule is COc1c(Br)cc(CNc2cccnc2)cc1OC1CCCC1. The molecule has 1 aromatic carbocycles. The maximum absolute atomic E-state index is 6.18. The van der Waals surface area contributed by atoms with Gasteiger partial charge in [0.25, 0.3) is 0 Å². The molecule has 1 saturated carbocycles. The molecule has 4 nitrogen and oxygen atoms in total. The first kappa shape index (κ1) is 16.1. The van der Waals surface area contributed by atoms with Gasteiger partial charge in [0, 0.05) is 18.9 Å². The Hall–Kier alpha value is -1.75. The Labute approximate surface area is 145 Å². The van der Waals surface area contributed by atoms with Gasteiger partial charge >= 0.3 is 0 Å². The topological polar surface area (TPSA) is 43.4 Å². The summed E-state index contributed by atoms with van der Waals surface area (Å²) in [6.07, 6.45) is 8.62. The van der Waals surface area contributed by atoms with Crippen LogP contribution in [-0.4, -0.2) is 18.2 Å². The first-order valence-electron chi connectivity index (χ1n) is 7.93. The fourth-order valence-corrected chi connectivity index (χ4v) is 3.52. The van der Waals surface area contributed by atoms with Crippen molar-refractivity contribution in [3.05, 3.63) is 46.7 Å². The van der Waals surface area contributed by atoms with Crippen LogP contribution < -0.4 is 14.8 Å². The molecule has 122 valence electrons. The van der Waals surface area contributed by atoms with Crippen molar-refractivity contribution < 1.29 is 9.47 Å². The van der Waals surface area contributed by atoms with Gasteiger partial charge in [-0.05, 0) is 71.4 Å². The largest absolute Gasteiger partial charge is 0.492 e. The van der Waals surface area contributed by atoms with Gasteiger partial charge in [-0.25, -0.2) is 0 Å². The number of rotatable bonds is 6. The summed E-state index contributed by atoms with van der Waals surface area (Å²) in [5.41, 5.74) is 2.13. The molecule has 0 saturated heterocycles. The highest BCUT2D eigenvalue weighted by Crippen LogP contribution is 2.38. The van der Waals surface area contributed by atoms with Crippen molar-refractivity contribution in [2.24, 2.45) is 0 Å². The van der Waals surface area contributed by atoms with Gasteiger partial charge in [0.15, 0.2) is 11.5 Å². The van der Waals surface area contributed by atoms with Crippen molar-refractivity contribution in [3.63, 3.8) is 0 Å². The van der Waals surface area contributed by atoms with E-state index in [0.717, 1.165) is 40.1 Å². The van der Waals surface area contributed by atoms with Gasteiger partial charge in [0.05, 0.1) is 23.4 Å². The lowest BCUT2D eigenvalue weighted by molar-refractivity contribution is 0.200. The second-order valence-electron chi connectivity index (χ2n) is 5.73. The van der Waals surface area contributed by atoms with Crippen molar-refractivity contribution in [1.29, 1.82) is 0 Å². The van der Waals surface area contributed by atoms with E-state index >= 15 is 0 Å². The minimum atomic E-state index is 0.303. The fourth-order valence-electron chi connectivity index (χ4n) is 2.87. The number of anilines is 1. The van der Waals surface area contributed by atoms with E-state index in [1.54, 1.807) is 13.3 Å². The average molecular weight is 377 g/mol. The summed E-state index contributed by atoms with van der Waals surface area (Å²) in [5, 5.41) is 3.37. The molecule has 5 heteroatoms. The molecule has 1 aliphatic rings. The highest BCUT2D eigenvalue weighted by molar-refractivity contribution is 9.10. The molecule has 23 heavy (non-hydrogen) atoms. The molecular formula is C18H21BrN2O2. The molecule has 0 spiro atoms. The second kappa shape index (κ2) is 7.68. The molecule has 0 radical (unpaired) electrons. The molecule has 0 unspecified atom stereocenters. The van der Waals surface area contributed by atoms with Crippen molar-refractivity contribution in [3.8, 4) is 11.5 Å². The number of hydrogen-bond acceptors (Lipinski definition) is 4. The summed E-state index contributed by atoms with van der Waals surface area (Å²) in [6, 6.07) is 8.04. The van der Waals surface area contributed by atoms with Crippen molar-refractivity contribution in [1.82, 2.24) is 4.98 Å². The van der Waals surface area contributed by atoms with E-state index in [1.807, 2.05) is 18.3 Å². The highest BCUT2D eigenvalue weighted by atomic mass is 79.9. The smallest absolute Gasteiger partial charge is 0.174 e. The maximum Gasteiger partial charge on any atom is 0.174 e. The van der Waals surface area contributed by atoms with Crippen LogP contribution in [0, 0.1) is 0 Å². The Bertz CT molecular complexity index is 643. The Balaban J connectivity index is 1.76. The first-order chi connectivity index (χ1) is 11.3. The summed E-state index contributed by atoms with van der Waals surface area (Å²) in [4.78, 5) is 4.11. The van der Waals surface area contributed by atoms with Crippen LogP contribution in [0.25, 0.3) is 0 Å². The number of pyridine rings is 1. The van der Waals surface area contributed by atoms with E-state index < -0.39 is 0 Å². The van der Waals surface area contributed by atoms with Crippen LogP contribution in [0.5, 0.6) is 11.5 Å². The Kier molecular flexibility index (Phi) is 5.39. The zero-order chi connectivity index (χ0) is 16.1. The van der Waals surface area contributed by atoms with Gasteiger partial charge in [-0.2, -0.15) is 0 Å². The van der Waals surface area contributed by atoms with Gasteiger partial charge in [-0.3, -0.25) is 4.98 Å². The lowest BCUT2D eigenvalue weighted by Gasteiger charge is -2.18. The van der Waals surface area contributed by atoms with Gasteiger partial charge in [0.2, 0.25) is 0 Å². The molecule has 0 amide bonds. The minimum Gasteiger partial charge on any atom is -0.492 e. The number of ether oxygens (including phenoxy) is 2. The molecule has 1 aliphatic carbocycles. The molecular weight excluding hydrogens is 356 g/mol. The van der Waals surface area contributed by atoms with Gasteiger partial charge in [-0.15, -0.1) is 0 Å². The average Bonchev–Trinajstić information content (AvgIpc) is 3.07. The van der Waals surface area contributed by atoms with Crippen molar-refractivity contribution in [2.45, 2.75) is 38.3 Å².